The Morgan fingerprint density at radius 1 is 1.07 bits per heavy atom. The summed E-state index contributed by atoms with van der Waals surface area (Å²) in [5.41, 5.74) is 3.61. The van der Waals surface area contributed by atoms with E-state index in [4.69, 9.17) is 0 Å². The fraction of sp³-hybridized carbons (Fsp3) is 0.227. The Labute approximate surface area is 162 Å². The summed E-state index contributed by atoms with van der Waals surface area (Å²) in [6.45, 7) is 1.99. The monoisotopic (exact) mass is 374 g/mol. The van der Waals surface area contributed by atoms with Crippen molar-refractivity contribution in [3.63, 3.8) is 0 Å². The zero-order valence-corrected chi connectivity index (χ0v) is 15.9. The first-order valence-electron chi connectivity index (χ1n) is 9.34. The SMILES string of the molecule is CC(c1cc2ccccc2[nH]1)N(C)C(=O)CCc1nc2ccccc2[nH]c1=O. The summed E-state index contributed by atoms with van der Waals surface area (Å²) in [7, 11) is 1.79. The van der Waals surface area contributed by atoms with Crippen molar-refractivity contribution in [2.24, 2.45) is 0 Å². The Hall–Kier alpha value is -3.41. The van der Waals surface area contributed by atoms with E-state index in [2.05, 4.69) is 21.0 Å². The Kier molecular flexibility index (Phi) is 4.69. The number of carbonyl (C=O) groups is 1. The highest BCUT2D eigenvalue weighted by molar-refractivity contribution is 5.81. The maximum Gasteiger partial charge on any atom is 0.270 e. The van der Waals surface area contributed by atoms with Crippen LogP contribution in [-0.2, 0) is 11.2 Å². The quantitative estimate of drug-likeness (QED) is 0.560. The van der Waals surface area contributed by atoms with E-state index in [0.717, 1.165) is 22.1 Å². The maximum atomic E-state index is 12.7. The van der Waals surface area contributed by atoms with Crippen LogP contribution in [-0.4, -0.2) is 32.8 Å². The van der Waals surface area contributed by atoms with E-state index >= 15 is 0 Å². The molecule has 0 saturated heterocycles. The van der Waals surface area contributed by atoms with Crippen LogP contribution in [0.2, 0.25) is 0 Å². The largest absolute Gasteiger partial charge is 0.357 e. The van der Waals surface area contributed by atoms with E-state index in [1.807, 2.05) is 55.5 Å². The van der Waals surface area contributed by atoms with Gasteiger partial charge in [0.05, 0.1) is 17.1 Å². The molecule has 2 aromatic carbocycles. The third-order valence-electron chi connectivity index (χ3n) is 5.22. The molecule has 0 fully saturated rings. The molecule has 4 rings (SSSR count). The Morgan fingerprint density at radius 3 is 2.57 bits per heavy atom. The number of nitrogens with one attached hydrogen (secondary N) is 2. The van der Waals surface area contributed by atoms with Crippen LogP contribution in [0.1, 0.15) is 30.8 Å². The molecule has 28 heavy (non-hydrogen) atoms. The Morgan fingerprint density at radius 2 is 1.79 bits per heavy atom. The molecule has 142 valence electrons. The first-order valence-corrected chi connectivity index (χ1v) is 9.34. The fourth-order valence-corrected chi connectivity index (χ4v) is 3.38. The first-order chi connectivity index (χ1) is 13.5. The Bertz CT molecular complexity index is 1170. The van der Waals surface area contributed by atoms with Crippen LogP contribution < -0.4 is 5.56 Å². The standard InChI is InChI=1S/C22H22N4O2/c1-14(20-13-15-7-3-4-8-16(15)23-20)26(2)21(27)12-11-19-22(28)25-18-10-6-5-9-17(18)24-19/h3-10,13-14,23H,11-12H2,1-2H3,(H,25,28). The molecule has 0 aliphatic rings. The number of amides is 1. The summed E-state index contributed by atoms with van der Waals surface area (Å²) in [6.07, 6.45) is 0.540. The van der Waals surface area contributed by atoms with E-state index in [0.29, 0.717) is 17.6 Å². The average Bonchev–Trinajstić information content (AvgIpc) is 3.15. The number of aromatic amines is 2. The van der Waals surface area contributed by atoms with Gasteiger partial charge in [0.25, 0.3) is 5.56 Å². The number of benzene rings is 2. The summed E-state index contributed by atoms with van der Waals surface area (Å²) in [5, 5.41) is 1.12. The number of nitrogens with zero attached hydrogens (tertiary/aromatic N) is 2. The number of fused-ring (bicyclic) bond motifs is 2. The van der Waals surface area contributed by atoms with Crippen LogP contribution in [0.5, 0.6) is 0 Å². The van der Waals surface area contributed by atoms with Crippen LogP contribution in [0.15, 0.2) is 59.4 Å². The van der Waals surface area contributed by atoms with E-state index in [1.165, 1.54) is 0 Å². The molecular weight excluding hydrogens is 352 g/mol. The molecule has 2 aromatic heterocycles. The van der Waals surface area contributed by atoms with Crippen molar-refractivity contribution < 1.29 is 4.79 Å². The highest BCUT2D eigenvalue weighted by Gasteiger charge is 2.19. The topological polar surface area (TPSA) is 81.8 Å². The van der Waals surface area contributed by atoms with E-state index in [9.17, 15) is 9.59 Å². The molecule has 4 aromatic rings. The number of carbonyl (C=O) groups excluding carboxylic acids is 1. The zero-order chi connectivity index (χ0) is 19.7. The summed E-state index contributed by atoms with van der Waals surface area (Å²) >= 11 is 0. The van der Waals surface area contributed by atoms with Gasteiger partial charge in [-0.25, -0.2) is 4.98 Å². The summed E-state index contributed by atoms with van der Waals surface area (Å²) < 4.78 is 0. The zero-order valence-electron chi connectivity index (χ0n) is 15.9. The van der Waals surface area contributed by atoms with Gasteiger partial charge in [0, 0.05) is 31.1 Å². The second-order valence-electron chi connectivity index (χ2n) is 7.02. The highest BCUT2D eigenvalue weighted by Crippen LogP contribution is 2.23. The molecule has 0 saturated carbocycles. The van der Waals surface area contributed by atoms with Gasteiger partial charge in [-0.2, -0.15) is 0 Å². The van der Waals surface area contributed by atoms with Crippen LogP contribution in [0, 0.1) is 0 Å². The van der Waals surface area contributed by atoms with Gasteiger partial charge in [0.15, 0.2) is 0 Å². The van der Waals surface area contributed by atoms with Gasteiger partial charge in [0.2, 0.25) is 5.91 Å². The van der Waals surface area contributed by atoms with Gasteiger partial charge in [-0.05, 0) is 36.6 Å². The van der Waals surface area contributed by atoms with Gasteiger partial charge >= 0.3 is 0 Å². The van der Waals surface area contributed by atoms with Crippen molar-refractivity contribution in [3.05, 3.63) is 76.3 Å². The molecule has 0 aliphatic carbocycles. The van der Waals surface area contributed by atoms with Crippen LogP contribution in [0.3, 0.4) is 0 Å². The average molecular weight is 374 g/mol. The molecule has 2 N–H and O–H groups in total. The van der Waals surface area contributed by atoms with Gasteiger partial charge in [-0.3, -0.25) is 9.59 Å². The normalized spacial score (nSPS) is 12.4. The van der Waals surface area contributed by atoms with E-state index < -0.39 is 0 Å². The number of hydrogen-bond donors (Lipinski definition) is 2. The minimum absolute atomic E-state index is 0.0273. The lowest BCUT2D eigenvalue weighted by atomic mass is 10.1. The van der Waals surface area contributed by atoms with E-state index in [-0.39, 0.29) is 23.9 Å². The molecule has 2 heterocycles. The number of para-hydroxylation sites is 3. The number of rotatable bonds is 5. The van der Waals surface area contributed by atoms with Crippen molar-refractivity contribution in [3.8, 4) is 0 Å². The second-order valence-corrected chi connectivity index (χ2v) is 7.02. The van der Waals surface area contributed by atoms with Gasteiger partial charge in [0.1, 0.15) is 5.69 Å². The minimum Gasteiger partial charge on any atom is -0.357 e. The number of aryl methyl sites for hydroxylation is 1. The van der Waals surface area contributed by atoms with Crippen molar-refractivity contribution in [2.75, 3.05) is 7.05 Å². The maximum absolute atomic E-state index is 12.7. The first kappa shape index (κ1) is 18.0. The lowest BCUT2D eigenvalue weighted by Crippen LogP contribution is -2.30. The van der Waals surface area contributed by atoms with Gasteiger partial charge in [-0.15, -0.1) is 0 Å². The van der Waals surface area contributed by atoms with Crippen molar-refractivity contribution in [1.82, 2.24) is 19.9 Å². The number of hydrogen-bond acceptors (Lipinski definition) is 3. The molecular formula is C22H22N4O2. The van der Waals surface area contributed by atoms with Crippen molar-refractivity contribution >= 4 is 27.8 Å². The van der Waals surface area contributed by atoms with Gasteiger partial charge < -0.3 is 14.9 Å². The molecule has 0 aliphatic heterocycles. The smallest absolute Gasteiger partial charge is 0.270 e. The van der Waals surface area contributed by atoms with Crippen molar-refractivity contribution in [2.45, 2.75) is 25.8 Å². The fourth-order valence-electron chi connectivity index (χ4n) is 3.38. The number of H-pyrrole nitrogens is 2. The Balaban J connectivity index is 1.47. The predicted molar refractivity (Wildman–Crippen MR) is 110 cm³/mol. The highest BCUT2D eigenvalue weighted by atomic mass is 16.2. The third-order valence-corrected chi connectivity index (χ3v) is 5.22. The second kappa shape index (κ2) is 7.31. The molecule has 1 atom stereocenters. The molecule has 0 spiro atoms. The predicted octanol–water partition coefficient (Wildman–Crippen LogP) is 3.56. The third kappa shape index (κ3) is 3.41. The lowest BCUT2D eigenvalue weighted by molar-refractivity contribution is -0.131. The molecule has 1 unspecified atom stereocenters. The van der Waals surface area contributed by atoms with Crippen LogP contribution in [0.4, 0.5) is 0 Å². The van der Waals surface area contributed by atoms with Gasteiger partial charge in [-0.1, -0.05) is 30.3 Å². The van der Waals surface area contributed by atoms with E-state index in [1.54, 1.807) is 11.9 Å². The minimum atomic E-state index is -0.238. The molecule has 6 heteroatoms. The number of aromatic nitrogens is 3. The molecule has 0 bridgehead atoms. The van der Waals surface area contributed by atoms with Crippen LogP contribution in [0.25, 0.3) is 21.9 Å². The van der Waals surface area contributed by atoms with Crippen molar-refractivity contribution in [1.29, 1.82) is 0 Å². The molecule has 0 radical (unpaired) electrons. The molecule has 6 nitrogen and oxygen atoms in total. The summed E-state index contributed by atoms with van der Waals surface area (Å²) in [5.74, 6) is -0.0273. The lowest BCUT2D eigenvalue weighted by Gasteiger charge is -2.24. The molecule has 1 amide bonds. The summed E-state index contributed by atoms with van der Waals surface area (Å²) in [6, 6.07) is 17.4. The summed E-state index contributed by atoms with van der Waals surface area (Å²) in [4.78, 5) is 37.2. The van der Waals surface area contributed by atoms with Crippen LogP contribution >= 0.6 is 0 Å².